The van der Waals surface area contributed by atoms with Crippen LogP contribution in [0.1, 0.15) is 43.6 Å². The van der Waals surface area contributed by atoms with Crippen LogP contribution in [0.4, 0.5) is 0 Å². The number of aryl methyl sites for hydroxylation is 3. The Balaban J connectivity index is 2.24. The Labute approximate surface area is 129 Å². The van der Waals surface area contributed by atoms with Crippen molar-refractivity contribution in [3.8, 4) is 0 Å². The van der Waals surface area contributed by atoms with Crippen LogP contribution in [0.2, 0.25) is 0 Å². The Morgan fingerprint density at radius 3 is 2.81 bits per heavy atom. The second-order valence-corrected chi connectivity index (χ2v) is 5.68. The average Bonchev–Trinajstić information content (AvgIpc) is 2.90. The molecule has 0 amide bonds. The number of aromatic nitrogens is 4. The summed E-state index contributed by atoms with van der Waals surface area (Å²) in [6.45, 7) is 6.72. The van der Waals surface area contributed by atoms with Crippen LogP contribution in [0.3, 0.4) is 0 Å². The topological polar surface area (TPSA) is 61.9 Å². The normalized spacial score (nSPS) is 12.8. The summed E-state index contributed by atoms with van der Waals surface area (Å²) in [7, 11) is 1.89. The zero-order valence-corrected chi connectivity index (χ0v) is 13.6. The predicted molar refractivity (Wildman–Crippen MR) is 81.4 cm³/mol. The average molecular weight is 313 g/mol. The number of nitrogens with zero attached hydrogens (tertiary/aromatic N) is 4. The van der Waals surface area contributed by atoms with Crippen molar-refractivity contribution in [3.05, 3.63) is 11.5 Å². The molecule has 0 saturated heterocycles. The molecule has 2 aromatic heterocycles. The van der Waals surface area contributed by atoms with Gasteiger partial charge >= 0.3 is 5.97 Å². The van der Waals surface area contributed by atoms with E-state index in [1.165, 1.54) is 0 Å². The minimum Gasteiger partial charge on any atom is -0.466 e. The molecule has 0 bridgehead atoms. The second-order valence-electron chi connectivity index (χ2n) is 5.03. The highest BCUT2D eigenvalue weighted by Crippen LogP contribution is 2.26. The van der Waals surface area contributed by atoms with Crippen LogP contribution in [-0.2, 0) is 23.1 Å². The molecule has 7 heteroatoms. The first kappa shape index (κ1) is 15.8. The van der Waals surface area contributed by atoms with Crippen molar-refractivity contribution in [2.75, 3.05) is 6.61 Å². The SMILES string of the molecule is CCOC(=O)CCCn1c(C(C)Cl)nc2c(C)nn(C)c21. The Kier molecular flexibility index (Phi) is 4.88. The summed E-state index contributed by atoms with van der Waals surface area (Å²) in [4.78, 5) is 16.0. The monoisotopic (exact) mass is 312 g/mol. The molecule has 116 valence electrons. The molecule has 2 aromatic rings. The molecule has 2 rings (SSSR count). The zero-order chi connectivity index (χ0) is 15.6. The minimum absolute atomic E-state index is 0.171. The number of ether oxygens (including phenoxy) is 1. The number of halogens is 1. The van der Waals surface area contributed by atoms with Crippen molar-refractivity contribution in [2.45, 2.75) is 45.5 Å². The van der Waals surface area contributed by atoms with E-state index in [1.54, 1.807) is 0 Å². The van der Waals surface area contributed by atoms with Crippen molar-refractivity contribution in [1.29, 1.82) is 0 Å². The van der Waals surface area contributed by atoms with Gasteiger partial charge in [0, 0.05) is 20.0 Å². The van der Waals surface area contributed by atoms with Gasteiger partial charge in [0.25, 0.3) is 0 Å². The number of hydrogen-bond donors (Lipinski definition) is 0. The van der Waals surface area contributed by atoms with E-state index in [2.05, 4.69) is 10.1 Å². The molecule has 0 aliphatic carbocycles. The lowest BCUT2D eigenvalue weighted by molar-refractivity contribution is -0.143. The molecule has 2 heterocycles. The van der Waals surface area contributed by atoms with Gasteiger partial charge in [-0.25, -0.2) is 4.98 Å². The van der Waals surface area contributed by atoms with E-state index in [4.69, 9.17) is 16.3 Å². The number of alkyl halides is 1. The predicted octanol–water partition coefficient (Wildman–Crippen LogP) is 2.72. The number of rotatable bonds is 6. The molecule has 0 radical (unpaired) electrons. The fraction of sp³-hybridized carbons (Fsp3) is 0.643. The van der Waals surface area contributed by atoms with Crippen molar-refractivity contribution in [3.63, 3.8) is 0 Å². The number of hydrogen-bond acceptors (Lipinski definition) is 4. The van der Waals surface area contributed by atoms with Gasteiger partial charge < -0.3 is 9.30 Å². The first-order chi connectivity index (χ1) is 9.95. The lowest BCUT2D eigenvalue weighted by Gasteiger charge is -2.10. The van der Waals surface area contributed by atoms with Crippen LogP contribution in [0.25, 0.3) is 11.2 Å². The molecule has 6 nitrogen and oxygen atoms in total. The Bertz CT molecular complexity index is 645. The molecule has 1 unspecified atom stereocenters. The summed E-state index contributed by atoms with van der Waals surface area (Å²) in [5.41, 5.74) is 2.70. The molecule has 1 atom stereocenters. The Morgan fingerprint density at radius 1 is 1.48 bits per heavy atom. The van der Waals surface area contributed by atoms with Crippen LogP contribution >= 0.6 is 11.6 Å². The summed E-state index contributed by atoms with van der Waals surface area (Å²) < 4.78 is 8.81. The molecule has 0 saturated carbocycles. The van der Waals surface area contributed by atoms with Crippen LogP contribution < -0.4 is 0 Å². The molecule has 21 heavy (non-hydrogen) atoms. The highest BCUT2D eigenvalue weighted by atomic mass is 35.5. The van der Waals surface area contributed by atoms with E-state index in [9.17, 15) is 4.79 Å². The highest BCUT2D eigenvalue weighted by Gasteiger charge is 2.20. The molecular formula is C14H21ClN4O2. The molecule has 0 aliphatic heterocycles. The second kappa shape index (κ2) is 6.47. The molecule has 0 aromatic carbocycles. The fourth-order valence-electron chi connectivity index (χ4n) is 2.49. The van der Waals surface area contributed by atoms with E-state index in [0.29, 0.717) is 26.0 Å². The largest absolute Gasteiger partial charge is 0.466 e. The van der Waals surface area contributed by atoms with Gasteiger partial charge in [0.2, 0.25) is 0 Å². The van der Waals surface area contributed by atoms with Gasteiger partial charge in [-0.3, -0.25) is 9.48 Å². The Morgan fingerprint density at radius 2 is 2.19 bits per heavy atom. The first-order valence-electron chi connectivity index (χ1n) is 7.15. The smallest absolute Gasteiger partial charge is 0.305 e. The molecule has 0 fully saturated rings. The third-order valence-electron chi connectivity index (χ3n) is 3.34. The van der Waals surface area contributed by atoms with Gasteiger partial charge in [-0.15, -0.1) is 11.6 Å². The van der Waals surface area contributed by atoms with Crippen molar-refractivity contribution < 1.29 is 9.53 Å². The number of esters is 1. The Hall–Kier alpha value is -1.56. The van der Waals surface area contributed by atoms with Crippen molar-refractivity contribution >= 4 is 28.7 Å². The zero-order valence-electron chi connectivity index (χ0n) is 12.9. The van der Waals surface area contributed by atoms with Gasteiger partial charge in [-0.1, -0.05) is 0 Å². The minimum atomic E-state index is -0.195. The molecule has 0 spiro atoms. The lowest BCUT2D eigenvalue weighted by atomic mass is 10.3. The summed E-state index contributed by atoms with van der Waals surface area (Å²) in [5.74, 6) is 0.641. The third-order valence-corrected chi connectivity index (χ3v) is 3.54. The first-order valence-corrected chi connectivity index (χ1v) is 7.58. The van der Waals surface area contributed by atoms with E-state index in [1.807, 2.05) is 37.1 Å². The lowest BCUT2D eigenvalue weighted by Crippen LogP contribution is -2.10. The number of imidazole rings is 1. The standard InChI is InChI=1S/C14H21ClN4O2/c1-5-21-11(20)7-6-8-19-13(9(2)15)16-12-10(3)17-18(4)14(12)19/h9H,5-8H2,1-4H3. The van der Waals surface area contributed by atoms with Gasteiger partial charge in [-0.2, -0.15) is 5.10 Å². The van der Waals surface area contributed by atoms with Crippen LogP contribution in [-0.4, -0.2) is 31.9 Å². The van der Waals surface area contributed by atoms with E-state index < -0.39 is 0 Å². The van der Waals surface area contributed by atoms with E-state index in [-0.39, 0.29) is 11.3 Å². The molecular weight excluding hydrogens is 292 g/mol. The van der Waals surface area contributed by atoms with Crippen LogP contribution in [0.5, 0.6) is 0 Å². The van der Waals surface area contributed by atoms with Gasteiger partial charge in [0.05, 0.1) is 17.7 Å². The van der Waals surface area contributed by atoms with E-state index >= 15 is 0 Å². The van der Waals surface area contributed by atoms with E-state index in [0.717, 1.165) is 22.7 Å². The van der Waals surface area contributed by atoms with Gasteiger partial charge in [0.1, 0.15) is 11.3 Å². The van der Waals surface area contributed by atoms with Crippen LogP contribution in [0, 0.1) is 6.92 Å². The summed E-state index contributed by atoms with van der Waals surface area (Å²) in [6, 6.07) is 0. The summed E-state index contributed by atoms with van der Waals surface area (Å²) in [6.07, 6.45) is 1.07. The maximum absolute atomic E-state index is 11.4. The van der Waals surface area contributed by atoms with Crippen molar-refractivity contribution in [2.24, 2.45) is 7.05 Å². The number of fused-ring (bicyclic) bond motifs is 1. The maximum atomic E-state index is 11.4. The van der Waals surface area contributed by atoms with Gasteiger partial charge in [0.15, 0.2) is 5.65 Å². The molecule has 0 N–H and O–H groups in total. The van der Waals surface area contributed by atoms with Crippen LogP contribution in [0.15, 0.2) is 0 Å². The number of carbonyl (C=O) groups excluding carboxylic acids is 1. The molecule has 0 aliphatic rings. The fourth-order valence-corrected chi connectivity index (χ4v) is 2.66. The quantitative estimate of drug-likeness (QED) is 0.608. The number of carbonyl (C=O) groups is 1. The summed E-state index contributed by atoms with van der Waals surface area (Å²) >= 11 is 6.23. The van der Waals surface area contributed by atoms with Gasteiger partial charge in [-0.05, 0) is 27.2 Å². The third kappa shape index (κ3) is 3.20. The maximum Gasteiger partial charge on any atom is 0.305 e. The van der Waals surface area contributed by atoms with Crippen molar-refractivity contribution in [1.82, 2.24) is 19.3 Å². The highest BCUT2D eigenvalue weighted by molar-refractivity contribution is 6.20. The summed E-state index contributed by atoms with van der Waals surface area (Å²) in [5, 5.41) is 4.19.